The van der Waals surface area contributed by atoms with Crippen molar-refractivity contribution in [2.45, 2.75) is 39.7 Å². The molecule has 1 heterocycles. The second-order valence-corrected chi connectivity index (χ2v) is 5.12. The number of ether oxygens (including phenoxy) is 2. The maximum absolute atomic E-state index is 11.5. The predicted octanol–water partition coefficient (Wildman–Crippen LogP) is 1.56. The molecule has 128 valence electrons. The van der Waals surface area contributed by atoms with Gasteiger partial charge in [0.1, 0.15) is 0 Å². The van der Waals surface area contributed by atoms with E-state index < -0.39 is 23.8 Å². The standard InChI is InChI=1S/C15H23N3O5/c1-4-10(5-2)8-22-11-6-7-17-14(12(11)19)23-15(21)18-13(20)9(3)16/h6-7,9-10,19H,4-5,8,16H2,1-3H3,(H,18,20,21)/t9-/m0/s1. The first-order valence-corrected chi connectivity index (χ1v) is 7.48. The summed E-state index contributed by atoms with van der Waals surface area (Å²) < 4.78 is 10.3. The number of hydrogen-bond donors (Lipinski definition) is 3. The van der Waals surface area contributed by atoms with E-state index in [1.165, 1.54) is 19.2 Å². The molecular formula is C15H23N3O5. The zero-order valence-corrected chi connectivity index (χ0v) is 13.5. The fraction of sp³-hybridized carbons (Fsp3) is 0.533. The molecule has 0 saturated carbocycles. The lowest BCUT2D eigenvalue weighted by Gasteiger charge is -2.15. The molecular weight excluding hydrogens is 302 g/mol. The van der Waals surface area contributed by atoms with E-state index in [4.69, 9.17) is 15.2 Å². The number of pyridine rings is 1. The quantitative estimate of drug-likeness (QED) is 0.695. The first-order chi connectivity index (χ1) is 10.9. The van der Waals surface area contributed by atoms with Crippen LogP contribution in [-0.2, 0) is 4.79 Å². The summed E-state index contributed by atoms with van der Waals surface area (Å²) in [6.45, 7) is 5.96. The maximum Gasteiger partial charge on any atom is 0.420 e. The van der Waals surface area contributed by atoms with Gasteiger partial charge in [0, 0.05) is 12.3 Å². The second kappa shape index (κ2) is 8.94. The fourth-order valence-electron chi connectivity index (χ4n) is 1.67. The predicted molar refractivity (Wildman–Crippen MR) is 83.3 cm³/mol. The van der Waals surface area contributed by atoms with Gasteiger partial charge in [-0.3, -0.25) is 10.1 Å². The Morgan fingerprint density at radius 2 is 2.04 bits per heavy atom. The molecule has 0 radical (unpaired) electrons. The van der Waals surface area contributed by atoms with Crippen LogP contribution in [0.5, 0.6) is 17.4 Å². The number of amides is 2. The summed E-state index contributed by atoms with van der Waals surface area (Å²) in [5.41, 5.74) is 5.32. The molecule has 4 N–H and O–H groups in total. The normalized spacial score (nSPS) is 11.9. The van der Waals surface area contributed by atoms with Gasteiger partial charge in [0.25, 0.3) is 5.88 Å². The van der Waals surface area contributed by atoms with Crippen molar-refractivity contribution >= 4 is 12.0 Å². The van der Waals surface area contributed by atoms with E-state index in [0.717, 1.165) is 12.8 Å². The van der Waals surface area contributed by atoms with Crippen LogP contribution < -0.4 is 20.5 Å². The van der Waals surface area contributed by atoms with E-state index in [2.05, 4.69) is 18.8 Å². The third-order valence-corrected chi connectivity index (χ3v) is 3.31. The van der Waals surface area contributed by atoms with Crippen molar-refractivity contribution < 1.29 is 24.2 Å². The van der Waals surface area contributed by atoms with Crippen molar-refractivity contribution in [3.63, 3.8) is 0 Å². The Bertz CT molecular complexity index is 544. The molecule has 1 atom stereocenters. The molecule has 0 aliphatic carbocycles. The highest BCUT2D eigenvalue weighted by atomic mass is 16.6. The Morgan fingerprint density at radius 1 is 1.39 bits per heavy atom. The molecule has 1 aromatic heterocycles. The third-order valence-electron chi connectivity index (χ3n) is 3.31. The summed E-state index contributed by atoms with van der Waals surface area (Å²) in [4.78, 5) is 26.6. The van der Waals surface area contributed by atoms with Gasteiger partial charge >= 0.3 is 6.09 Å². The number of aromatic hydroxyl groups is 1. The summed E-state index contributed by atoms with van der Waals surface area (Å²) in [6, 6.07) is 0.606. The lowest BCUT2D eigenvalue weighted by Crippen LogP contribution is -2.42. The van der Waals surface area contributed by atoms with Crippen molar-refractivity contribution in [3.8, 4) is 17.4 Å². The largest absolute Gasteiger partial charge is 0.501 e. The molecule has 0 aliphatic rings. The summed E-state index contributed by atoms with van der Waals surface area (Å²) in [7, 11) is 0. The van der Waals surface area contributed by atoms with Crippen molar-refractivity contribution in [2.75, 3.05) is 6.61 Å². The van der Waals surface area contributed by atoms with Gasteiger partial charge in [0.15, 0.2) is 5.75 Å². The lowest BCUT2D eigenvalue weighted by molar-refractivity contribution is -0.121. The average molecular weight is 325 g/mol. The minimum absolute atomic E-state index is 0.160. The fourth-order valence-corrected chi connectivity index (χ4v) is 1.67. The van der Waals surface area contributed by atoms with Gasteiger partial charge < -0.3 is 20.3 Å². The number of imide groups is 1. The van der Waals surface area contributed by atoms with Crippen molar-refractivity contribution in [2.24, 2.45) is 11.7 Å². The highest BCUT2D eigenvalue weighted by Crippen LogP contribution is 2.34. The third kappa shape index (κ3) is 5.74. The van der Waals surface area contributed by atoms with Gasteiger partial charge in [-0.15, -0.1) is 0 Å². The zero-order chi connectivity index (χ0) is 17.4. The van der Waals surface area contributed by atoms with Gasteiger partial charge in [0.2, 0.25) is 11.7 Å². The van der Waals surface area contributed by atoms with Crippen LogP contribution in [0, 0.1) is 5.92 Å². The monoisotopic (exact) mass is 325 g/mol. The number of nitrogens with one attached hydrogen (secondary N) is 1. The number of nitrogens with zero attached hydrogens (tertiary/aromatic N) is 1. The number of hydrogen-bond acceptors (Lipinski definition) is 7. The van der Waals surface area contributed by atoms with Crippen molar-refractivity contribution in [1.82, 2.24) is 10.3 Å². The zero-order valence-electron chi connectivity index (χ0n) is 13.5. The second-order valence-electron chi connectivity index (χ2n) is 5.12. The minimum Gasteiger partial charge on any atom is -0.501 e. The smallest absolute Gasteiger partial charge is 0.420 e. The highest BCUT2D eigenvalue weighted by Gasteiger charge is 2.18. The van der Waals surface area contributed by atoms with Crippen LogP contribution in [-0.4, -0.2) is 34.7 Å². The minimum atomic E-state index is -1.08. The van der Waals surface area contributed by atoms with Gasteiger partial charge in [-0.25, -0.2) is 9.78 Å². The van der Waals surface area contributed by atoms with Crippen LogP contribution in [0.3, 0.4) is 0 Å². The Hall–Kier alpha value is -2.35. The van der Waals surface area contributed by atoms with Gasteiger partial charge in [-0.2, -0.15) is 0 Å². The summed E-state index contributed by atoms with van der Waals surface area (Å²) >= 11 is 0. The van der Waals surface area contributed by atoms with Gasteiger partial charge in [-0.1, -0.05) is 26.7 Å². The van der Waals surface area contributed by atoms with Crippen molar-refractivity contribution in [1.29, 1.82) is 0 Å². The molecule has 0 fully saturated rings. The molecule has 0 aromatic carbocycles. The molecule has 0 bridgehead atoms. The van der Waals surface area contributed by atoms with E-state index in [-0.39, 0.29) is 11.6 Å². The first-order valence-electron chi connectivity index (χ1n) is 7.48. The number of carbonyl (C=O) groups excluding carboxylic acids is 2. The van der Waals surface area contributed by atoms with E-state index in [1.54, 1.807) is 0 Å². The average Bonchev–Trinajstić information content (AvgIpc) is 2.51. The van der Waals surface area contributed by atoms with E-state index in [9.17, 15) is 14.7 Å². The molecule has 0 unspecified atom stereocenters. The molecule has 8 nitrogen and oxygen atoms in total. The molecule has 0 saturated heterocycles. The Kier molecular flexibility index (Phi) is 7.27. The molecule has 23 heavy (non-hydrogen) atoms. The Morgan fingerprint density at radius 3 is 2.61 bits per heavy atom. The highest BCUT2D eigenvalue weighted by molar-refractivity contribution is 5.95. The van der Waals surface area contributed by atoms with E-state index in [0.29, 0.717) is 12.5 Å². The summed E-state index contributed by atoms with van der Waals surface area (Å²) in [5.74, 6) is -0.924. The molecule has 0 spiro atoms. The van der Waals surface area contributed by atoms with Crippen LogP contribution in [0.1, 0.15) is 33.6 Å². The molecule has 0 aliphatic heterocycles. The Balaban J connectivity index is 2.72. The first kappa shape index (κ1) is 18.7. The maximum atomic E-state index is 11.5. The van der Waals surface area contributed by atoms with Crippen LogP contribution in [0.4, 0.5) is 4.79 Å². The van der Waals surface area contributed by atoms with Gasteiger partial charge in [0.05, 0.1) is 12.6 Å². The summed E-state index contributed by atoms with van der Waals surface area (Å²) in [5, 5.41) is 12.0. The summed E-state index contributed by atoms with van der Waals surface area (Å²) in [6.07, 6.45) is 2.16. The lowest BCUT2D eigenvalue weighted by atomic mass is 10.1. The molecule has 2 amide bonds. The number of nitrogens with two attached hydrogens (primary N) is 1. The van der Waals surface area contributed by atoms with Crippen LogP contribution in [0.2, 0.25) is 0 Å². The van der Waals surface area contributed by atoms with E-state index >= 15 is 0 Å². The van der Waals surface area contributed by atoms with Gasteiger partial charge in [-0.05, 0) is 12.8 Å². The van der Waals surface area contributed by atoms with Crippen LogP contribution in [0.15, 0.2) is 12.3 Å². The van der Waals surface area contributed by atoms with Crippen molar-refractivity contribution in [3.05, 3.63) is 12.3 Å². The molecule has 1 aromatic rings. The number of aromatic nitrogens is 1. The molecule has 8 heteroatoms. The van der Waals surface area contributed by atoms with E-state index in [1.807, 2.05) is 5.32 Å². The topological polar surface area (TPSA) is 124 Å². The Labute approximate surface area is 135 Å². The number of rotatable bonds is 7. The van der Waals surface area contributed by atoms with Crippen LogP contribution >= 0.6 is 0 Å². The number of carbonyl (C=O) groups is 2. The van der Waals surface area contributed by atoms with Crippen LogP contribution in [0.25, 0.3) is 0 Å². The molecule has 1 rings (SSSR count). The SMILES string of the molecule is CCC(CC)COc1ccnc(OC(=O)NC(=O)[C@H](C)N)c1O.